The Labute approximate surface area is 195 Å². The minimum atomic E-state index is -3.93. The Balaban J connectivity index is 2.08. The Kier molecular flexibility index (Phi) is 7.74. The lowest BCUT2D eigenvalue weighted by Gasteiger charge is -2.37. The van der Waals surface area contributed by atoms with E-state index >= 15 is 0 Å². The number of aromatic nitrogens is 1. The number of amides is 1. The van der Waals surface area contributed by atoms with E-state index in [1.807, 2.05) is 13.0 Å². The van der Waals surface area contributed by atoms with Crippen molar-refractivity contribution in [2.45, 2.75) is 37.8 Å². The summed E-state index contributed by atoms with van der Waals surface area (Å²) in [6.45, 7) is 5.15. The van der Waals surface area contributed by atoms with E-state index in [1.165, 1.54) is 17.3 Å². The quantitative estimate of drug-likeness (QED) is 0.682. The maximum atomic E-state index is 13.5. The molecular weight excluding hydrogens is 442 g/mol. The van der Waals surface area contributed by atoms with Crippen LogP contribution in [0.15, 0.2) is 47.6 Å². The lowest BCUT2D eigenvalue weighted by atomic mass is 10.0. The summed E-state index contributed by atoms with van der Waals surface area (Å²) in [6, 6.07) is 7.73. The maximum absolute atomic E-state index is 13.5. The maximum Gasteiger partial charge on any atom is 0.247 e. The van der Waals surface area contributed by atoms with E-state index in [1.54, 1.807) is 49.5 Å². The van der Waals surface area contributed by atoms with Crippen molar-refractivity contribution >= 4 is 15.9 Å². The molecule has 0 saturated carbocycles. The fourth-order valence-electron chi connectivity index (χ4n) is 3.50. The van der Waals surface area contributed by atoms with E-state index in [4.69, 9.17) is 4.74 Å². The minimum Gasteiger partial charge on any atom is -0.487 e. The lowest BCUT2D eigenvalue weighted by molar-refractivity contribution is -0.129. The summed E-state index contributed by atoms with van der Waals surface area (Å²) >= 11 is 0. The van der Waals surface area contributed by atoms with Crippen LogP contribution in [0.2, 0.25) is 0 Å². The van der Waals surface area contributed by atoms with Gasteiger partial charge in [-0.05, 0) is 37.3 Å². The first-order valence-corrected chi connectivity index (χ1v) is 12.1. The largest absolute Gasteiger partial charge is 0.487 e. The number of carbonyl (C=O) groups is 1. The van der Waals surface area contributed by atoms with Gasteiger partial charge in [0.25, 0.3) is 0 Å². The van der Waals surface area contributed by atoms with E-state index in [-0.39, 0.29) is 35.6 Å². The Morgan fingerprint density at radius 1 is 1.33 bits per heavy atom. The number of aliphatic hydroxyl groups excluding tert-OH is 1. The van der Waals surface area contributed by atoms with E-state index in [2.05, 4.69) is 16.8 Å². The first-order chi connectivity index (χ1) is 15.6. The highest BCUT2D eigenvalue weighted by atomic mass is 32.2. The average molecular weight is 472 g/mol. The molecular formula is C24H29N3O5S. The van der Waals surface area contributed by atoms with Crippen LogP contribution < -0.4 is 4.74 Å². The van der Waals surface area contributed by atoms with Crippen LogP contribution in [-0.4, -0.2) is 72.5 Å². The summed E-state index contributed by atoms with van der Waals surface area (Å²) < 4.78 is 34.5. The molecule has 1 aliphatic heterocycles. The van der Waals surface area contributed by atoms with Crippen molar-refractivity contribution in [2.75, 3.05) is 26.7 Å². The van der Waals surface area contributed by atoms with Gasteiger partial charge in [-0.2, -0.15) is 4.31 Å². The fraction of sp³-hybridized carbons (Fsp3) is 0.417. The molecule has 8 nitrogen and oxygen atoms in total. The first kappa shape index (κ1) is 24.7. The van der Waals surface area contributed by atoms with Crippen molar-refractivity contribution in [3.63, 3.8) is 0 Å². The predicted molar refractivity (Wildman–Crippen MR) is 124 cm³/mol. The van der Waals surface area contributed by atoms with Crippen molar-refractivity contribution in [1.82, 2.24) is 14.2 Å². The van der Waals surface area contributed by atoms with E-state index in [0.29, 0.717) is 12.1 Å². The summed E-state index contributed by atoms with van der Waals surface area (Å²) in [7, 11) is -2.25. The zero-order valence-corrected chi connectivity index (χ0v) is 20.0. The Bertz CT molecular complexity index is 1160. The van der Waals surface area contributed by atoms with Crippen LogP contribution in [0.1, 0.15) is 31.9 Å². The average Bonchev–Trinajstić information content (AvgIpc) is 2.79. The molecule has 1 aromatic heterocycles. The van der Waals surface area contributed by atoms with Crippen LogP contribution in [0.5, 0.6) is 5.75 Å². The number of sulfonamides is 1. The van der Waals surface area contributed by atoms with E-state index < -0.39 is 22.2 Å². The monoisotopic (exact) mass is 471 g/mol. The third-order valence-electron chi connectivity index (χ3n) is 5.67. The van der Waals surface area contributed by atoms with Crippen LogP contribution in [0.3, 0.4) is 0 Å². The van der Waals surface area contributed by atoms with Gasteiger partial charge in [0.05, 0.1) is 13.2 Å². The number of rotatable bonds is 4. The zero-order chi connectivity index (χ0) is 24.2. The summed E-state index contributed by atoms with van der Waals surface area (Å²) in [6.07, 6.45) is 2.85. The van der Waals surface area contributed by atoms with Gasteiger partial charge < -0.3 is 14.7 Å². The van der Waals surface area contributed by atoms with Crippen LogP contribution in [-0.2, 0) is 14.8 Å². The van der Waals surface area contributed by atoms with Gasteiger partial charge in [0, 0.05) is 56.0 Å². The Morgan fingerprint density at radius 3 is 2.70 bits per heavy atom. The van der Waals surface area contributed by atoms with Crippen molar-refractivity contribution in [2.24, 2.45) is 5.92 Å². The highest BCUT2D eigenvalue weighted by molar-refractivity contribution is 7.89. The highest BCUT2D eigenvalue weighted by Gasteiger charge is 2.38. The third kappa shape index (κ3) is 5.71. The van der Waals surface area contributed by atoms with Crippen molar-refractivity contribution in [1.29, 1.82) is 0 Å². The second-order valence-corrected chi connectivity index (χ2v) is 10.2. The minimum absolute atomic E-state index is 0.0112. The molecule has 0 unspecified atom stereocenters. The molecule has 33 heavy (non-hydrogen) atoms. The number of aliphatic hydroxyl groups is 1. The molecule has 0 saturated heterocycles. The van der Waals surface area contributed by atoms with Crippen molar-refractivity contribution in [3.8, 4) is 17.6 Å². The lowest BCUT2D eigenvalue weighted by Crippen LogP contribution is -2.50. The van der Waals surface area contributed by atoms with Gasteiger partial charge in [-0.1, -0.05) is 18.8 Å². The highest BCUT2D eigenvalue weighted by Crippen LogP contribution is 2.34. The van der Waals surface area contributed by atoms with Gasteiger partial charge >= 0.3 is 0 Å². The summed E-state index contributed by atoms with van der Waals surface area (Å²) in [5.74, 6) is 5.85. The Morgan fingerprint density at radius 2 is 2.06 bits per heavy atom. The molecule has 2 heterocycles. The van der Waals surface area contributed by atoms with E-state index in [9.17, 15) is 18.3 Å². The number of fused-ring (bicyclic) bond motifs is 1. The number of ether oxygens (including phenoxy) is 1. The van der Waals surface area contributed by atoms with E-state index in [0.717, 1.165) is 5.56 Å². The molecule has 0 radical (unpaired) electrons. The standard InChI is InChI=1S/C24H29N3O5S/c1-17-14-27(18(2)16-28)33(30,31)24-10-9-20(7-8-21-6-5-11-25-13-21)12-22(24)32-23(17)15-26(4)19(3)29/h5-6,9-13,17-18,23,28H,14-16H2,1-4H3/t17-,18-,23+/m0/s1. The smallest absolute Gasteiger partial charge is 0.247 e. The molecule has 0 bridgehead atoms. The van der Waals surface area contributed by atoms with Gasteiger partial charge in [0.1, 0.15) is 16.7 Å². The molecule has 1 amide bonds. The molecule has 0 fully saturated rings. The number of carbonyl (C=O) groups excluding carboxylic acids is 1. The summed E-state index contributed by atoms with van der Waals surface area (Å²) in [4.78, 5) is 17.4. The number of pyridine rings is 1. The van der Waals surface area contributed by atoms with Crippen molar-refractivity contribution < 1.29 is 23.1 Å². The SMILES string of the molecule is CC(=O)N(C)C[C@H]1Oc2cc(C#Cc3cccnc3)ccc2S(=O)(=O)N([C@@H](C)CO)C[C@@H]1C. The predicted octanol–water partition coefficient (Wildman–Crippen LogP) is 1.73. The second-order valence-electron chi connectivity index (χ2n) is 8.29. The van der Waals surface area contributed by atoms with Crippen LogP contribution in [0, 0.1) is 17.8 Å². The molecule has 3 atom stereocenters. The van der Waals surface area contributed by atoms with Crippen LogP contribution in [0.4, 0.5) is 0 Å². The van der Waals surface area contributed by atoms with Crippen LogP contribution in [0.25, 0.3) is 0 Å². The number of hydrogen-bond acceptors (Lipinski definition) is 6. The number of benzene rings is 1. The third-order valence-corrected chi connectivity index (χ3v) is 7.69. The second kappa shape index (κ2) is 10.3. The topological polar surface area (TPSA) is 100 Å². The molecule has 0 spiro atoms. The molecule has 9 heteroatoms. The molecule has 2 aromatic rings. The molecule has 176 valence electrons. The van der Waals surface area contributed by atoms with Gasteiger partial charge in [0.15, 0.2) is 0 Å². The Hall–Kier alpha value is -2.93. The summed E-state index contributed by atoms with van der Waals surface area (Å²) in [5, 5.41) is 9.71. The first-order valence-electron chi connectivity index (χ1n) is 10.7. The molecule has 0 aliphatic carbocycles. The molecule has 1 aliphatic rings. The summed E-state index contributed by atoms with van der Waals surface area (Å²) in [5.41, 5.74) is 1.32. The van der Waals surface area contributed by atoms with Gasteiger partial charge in [-0.15, -0.1) is 0 Å². The fourth-order valence-corrected chi connectivity index (χ4v) is 5.33. The molecule has 3 rings (SSSR count). The van der Waals surface area contributed by atoms with Crippen LogP contribution >= 0.6 is 0 Å². The van der Waals surface area contributed by atoms with Gasteiger partial charge in [-0.25, -0.2) is 8.42 Å². The number of likely N-dealkylation sites (N-methyl/N-ethyl adjacent to an activating group) is 1. The molecule has 1 N–H and O–H groups in total. The molecule has 1 aromatic carbocycles. The number of hydrogen-bond donors (Lipinski definition) is 1. The normalized spacial score (nSPS) is 20.8. The van der Waals surface area contributed by atoms with Gasteiger partial charge in [0.2, 0.25) is 15.9 Å². The van der Waals surface area contributed by atoms with Crippen molar-refractivity contribution in [3.05, 3.63) is 53.9 Å². The zero-order valence-electron chi connectivity index (χ0n) is 19.2. The van der Waals surface area contributed by atoms with Gasteiger partial charge in [-0.3, -0.25) is 9.78 Å². The number of nitrogens with zero attached hydrogens (tertiary/aromatic N) is 3.